The SMILES string of the molecule is Nc1nccn2c(C3CC(O)C3)nc(-c3ccc(Cc4ccccc4O)cc3)c12. The Labute approximate surface area is 168 Å². The fraction of sp³-hybridized carbons (Fsp3) is 0.217. The molecule has 0 unspecified atom stereocenters. The summed E-state index contributed by atoms with van der Waals surface area (Å²) in [5.74, 6) is 1.91. The number of imidazole rings is 1. The Kier molecular flexibility index (Phi) is 4.21. The summed E-state index contributed by atoms with van der Waals surface area (Å²) >= 11 is 0. The second-order valence-electron chi connectivity index (χ2n) is 7.67. The molecule has 29 heavy (non-hydrogen) atoms. The quantitative estimate of drug-likeness (QED) is 0.499. The molecule has 1 aliphatic rings. The number of phenols is 1. The van der Waals surface area contributed by atoms with Crippen molar-refractivity contribution in [3.63, 3.8) is 0 Å². The minimum absolute atomic E-state index is 0.230. The van der Waals surface area contributed by atoms with Crippen LogP contribution in [0, 0.1) is 0 Å². The standard InChI is InChI=1S/C23H22N4O2/c24-22-21-20(26-23(17-12-18(28)13-17)27(21)10-9-25-22)15-7-5-14(6-8-15)11-16-3-1-2-4-19(16)29/h1-10,17-18,28-29H,11-13H2,(H2,24,25). The number of aliphatic hydroxyl groups excluding tert-OH is 1. The highest BCUT2D eigenvalue weighted by Crippen LogP contribution is 2.39. The van der Waals surface area contributed by atoms with Crippen LogP contribution in [-0.2, 0) is 6.42 Å². The Morgan fingerprint density at radius 3 is 2.55 bits per heavy atom. The number of phenolic OH excluding ortho intramolecular Hbond substituents is 1. The summed E-state index contributed by atoms with van der Waals surface area (Å²) in [4.78, 5) is 9.14. The lowest BCUT2D eigenvalue weighted by Gasteiger charge is -2.30. The summed E-state index contributed by atoms with van der Waals surface area (Å²) in [5.41, 5.74) is 10.8. The molecule has 0 bridgehead atoms. The predicted octanol–water partition coefficient (Wildman–Crippen LogP) is 3.51. The summed E-state index contributed by atoms with van der Waals surface area (Å²) in [6.45, 7) is 0. The van der Waals surface area contributed by atoms with Crippen LogP contribution in [-0.4, -0.2) is 30.7 Å². The molecule has 4 aromatic rings. The van der Waals surface area contributed by atoms with Gasteiger partial charge >= 0.3 is 0 Å². The topological polar surface area (TPSA) is 96.7 Å². The van der Waals surface area contributed by atoms with Gasteiger partial charge in [0, 0.05) is 30.3 Å². The molecule has 2 aromatic carbocycles. The van der Waals surface area contributed by atoms with Crippen LogP contribution < -0.4 is 5.73 Å². The number of aromatic hydroxyl groups is 1. The Hall–Kier alpha value is -3.38. The molecule has 5 rings (SSSR count). The van der Waals surface area contributed by atoms with E-state index < -0.39 is 0 Å². The Morgan fingerprint density at radius 1 is 1.07 bits per heavy atom. The lowest BCUT2D eigenvalue weighted by molar-refractivity contribution is 0.0715. The molecule has 1 fully saturated rings. The van der Waals surface area contributed by atoms with Crippen LogP contribution in [0.4, 0.5) is 5.82 Å². The van der Waals surface area contributed by atoms with Gasteiger partial charge in [-0.05, 0) is 30.0 Å². The minimum Gasteiger partial charge on any atom is -0.508 e. The van der Waals surface area contributed by atoms with Gasteiger partial charge in [-0.2, -0.15) is 0 Å². The molecule has 0 amide bonds. The van der Waals surface area contributed by atoms with Gasteiger partial charge in [0.25, 0.3) is 0 Å². The summed E-state index contributed by atoms with van der Waals surface area (Å²) < 4.78 is 2.00. The molecule has 0 atom stereocenters. The number of para-hydroxylation sites is 1. The van der Waals surface area contributed by atoms with Crippen molar-refractivity contribution < 1.29 is 10.2 Å². The number of benzene rings is 2. The molecule has 0 aliphatic heterocycles. The second kappa shape index (κ2) is 6.90. The zero-order chi connectivity index (χ0) is 20.0. The zero-order valence-electron chi connectivity index (χ0n) is 15.9. The number of hydrogen-bond donors (Lipinski definition) is 3. The van der Waals surface area contributed by atoms with E-state index in [1.807, 2.05) is 53.1 Å². The van der Waals surface area contributed by atoms with E-state index in [1.54, 1.807) is 12.3 Å². The van der Waals surface area contributed by atoms with Gasteiger partial charge in [0.15, 0.2) is 0 Å². The molecular weight excluding hydrogens is 364 g/mol. The Morgan fingerprint density at radius 2 is 1.83 bits per heavy atom. The molecule has 6 heteroatoms. The summed E-state index contributed by atoms with van der Waals surface area (Å²) in [6, 6.07) is 15.5. The van der Waals surface area contributed by atoms with Crippen molar-refractivity contribution in [3.8, 4) is 17.0 Å². The van der Waals surface area contributed by atoms with E-state index in [2.05, 4.69) is 4.98 Å². The van der Waals surface area contributed by atoms with Crippen molar-refractivity contribution in [2.75, 3.05) is 5.73 Å². The smallest absolute Gasteiger partial charge is 0.150 e. The number of fused-ring (bicyclic) bond motifs is 1. The lowest BCUT2D eigenvalue weighted by Crippen LogP contribution is -2.27. The number of nitrogen functional groups attached to an aromatic ring is 1. The molecule has 1 aliphatic carbocycles. The molecule has 146 valence electrons. The van der Waals surface area contributed by atoms with Gasteiger partial charge < -0.3 is 15.9 Å². The lowest BCUT2D eigenvalue weighted by atomic mass is 9.82. The van der Waals surface area contributed by atoms with E-state index in [-0.39, 0.29) is 12.0 Å². The zero-order valence-corrected chi connectivity index (χ0v) is 15.9. The number of nitrogens with zero attached hydrogens (tertiary/aromatic N) is 3. The first-order valence-electron chi connectivity index (χ1n) is 9.77. The molecule has 6 nitrogen and oxygen atoms in total. The maximum atomic E-state index is 10.0. The number of anilines is 1. The van der Waals surface area contributed by atoms with Crippen LogP contribution in [0.25, 0.3) is 16.8 Å². The van der Waals surface area contributed by atoms with E-state index in [0.717, 1.165) is 46.6 Å². The number of aliphatic hydroxyl groups is 1. The average molecular weight is 386 g/mol. The third-order valence-corrected chi connectivity index (χ3v) is 5.70. The van der Waals surface area contributed by atoms with E-state index in [1.165, 1.54) is 0 Å². The van der Waals surface area contributed by atoms with Gasteiger partial charge in [0.1, 0.15) is 28.6 Å². The highest BCUT2D eigenvalue weighted by Gasteiger charge is 2.33. The summed E-state index contributed by atoms with van der Waals surface area (Å²) in [5, 5.41) is 19.7. The second-order valence-corrected chi connectivity index (χ2v) is 7.67. The molecular formula is C23H22N4O2. The predicted molar refractivity (Wildman–Crippen MR) is 112 cm³/mol. The highest BCUT2D eigenvalue weighted by atomic mass is 16.3. The molecule has 2 aromatic heterocycles. The first-order chi connectivity index (χ1) is 14.1. The minimum atomic E-state index is -0.247. The van der Waals surface area contributed by atoms with Crippen molar-refractivity contribution in [1.82, 2.24) is 14.4 Å². The van der Waals surface area contributed by atoms with E-state index in [0.29, 0.717) is 18.0 Å². The molecule has 2 heterocycles. The maximum Gasteiger partial charge on any atom is 0.150 e. The monoisotopic (exact) mass is 386 g/mol. The van der Waals surface area contributed by atoms with Crippen LogP contribution in [0.2, 0.25) is 0 Å². The van der Waals surface area contributed by atoms with Gasteiger partial charge in [0.05, 0.1) is 6.10 Å². The number of rotatable bonds is 4. The summed E-state index contributed by atoms with van der Waals surface area (Å²) in [6.07, 6.45) is 5.42. The van der Waals surface area contributed by atoms with Crippen molar-refractivity contribution in [3.05, 3.63) is 77.9 Å². The molecule has 0 radical (unpaired) electrons. The van der Waals surface area contributed by atoms with E-state index in [4.69, 9.17) is 10.7 Å². The number of aromatic nitrogens is 3. The van der Waals surface area contributed by atoms with Crippen LogP contribution in [0.3, 0.4) is 0 Å². The normalized spacial score (nSPS) is 18.7. The summed E-state index contributed by atoms with van der Waals surface area (Å²) in [7, 11) is 0. The van der Waals surface area contributed by atoms with Gasteiger partial charge in [0.2, 0.25) is 0 Å². The van der Waals surface area contributed by atoms with Gasteiger partial charge in [-0.15, -0.1) is 0 Å². The average Bonchev–Trinajstić information content (AvgIpc) is 3.08. The van der Waals surface area contributed by atoms with Crippen molar-refractivity contribution in [2.45, 2.75) is 31.3 Å². The van der Waals surface area contributed by atoms with E-state index >= 15 is 0 Å². The highest BCUT2D eigenvalue weighted by molar-refractivity contribution is 5.85. The number of nitrogens with two attached hydrogens (primary N) is 1. The van der Waals surface area contributed by atoms with Crippen LogP contribution in [0.5, 0.6) is 5.75 Å². The van der Waals surface area contributed by atoms with Crippen molar-refractivity contribution in [2.24, 2.45) is 0 Å². The fourth-order valence-corrected chi connectivity index (χ4v) is 4.04. The maximum absolute atomic E-state index is 10.0. The first-order valence-corrected chi connectivity index (χ1v) is 9.77. The molecule has 0 spiro atoms. The van der Waals surface area contributed by atoms with Crippen LogP contribution in [0.15, 0.2) is 60.9 Å². The molecule has 1 saturated carbocycles. The third kappa shape index (κ3) is 3.11. The van der Waals surface area contributed by atoms with Gasteiger partial charge in [-0.3, -0.25) is 4.40 Å². The van der Waals surface area contributed by atoms with Crippen LogP contribution >= 0.6 is 0 Å². The number of hydrogen-bond acceptors (Lipinski definition) is 5. The Bertz CT molecular complexity index is 1180. The molecule has 0 saturated heterocycles. The fourth-order valence-electron chi connectivity index (χ4n) is 4.04. The first kappa shape index (κ1) is 17.7. The van der Waals surface area contributed by atoms with Gasteiger partial charge in [-0.25, -0.2) is 9.97 Å². The molecule has 4 N–H and O–H groups in total. The van der Waals surface area contributed by atoms with E-state index in [9.17, 15) is 10.2 Å². The Balaban J connectivity index is 1.51. The van der Waals surface area contributed by atoms with Crippen LogP contribution in [0.1, 0.15) is 35.7 Å². The van der Waals surface area contributed by atoms with Crippen molar-refractivity contribution >= 4 is 11.3 Å². The third-order valence-electron chi connectivity index (χ3n) is 5.70. The largest absolute Gasteiger partial charge is 0.508 e. The van der Waals surface area contributed by atoms with Crippen molar-refractivity contribution in [1.29, 1.82) is 0 Å². The van der Waals surface area contributed by atoms with Gasteiger partial charge in [-0.1, -0.05) is 42.5 Å².